The Bertz CT molecular complexity index is 920. The van der Waals surface area contributed by atoms with E-state index in [0.717, 1.165) is 48.7 Å². The summed E-state index contributed by atoms with van der Waals surface area (Å²) in [7, 11) is 0. The van der Waals surface area contributed by atoms with E-state index in [2.05, 4.69) is 64.8 Å². The summed E-state index contributed by atoms with van der Waals surface area (Å²) < 4.78 is 0. The van der Waals surface area contributed by atoms with Gasteiger partial charge in [-0.3, -0.25) is 4.90 Å². The Morgan fingerprint density at radius 2 is 1.55 bits per heavy atom. The van der Waals surface area contributed by atoms with Crippen molar-refractivity contribution in [3.63, 3.8) is 0 Å². The van der Waals surface area contributed by atoms with E-state index in [0.29, 0.717) is 6.04 Å². The monoisotopic (exact) mass is 405 g/mol. The molecule has 1 unspecified atom stereocenters. The lowest BCUT2D eigenvalue weighted by Gasteiger charge is -2.35. The molecular weight excluding hydrogens is 378 g/mol. The Hall–Kier alpha value is -2.33. The van der Waals surface area contributed by atoms with Crippen LogP contribution in [-0.4, -0.2) is 24.0 Å². The third-order valence-electron chi connectivity index (χ3n) is 5.78. The van der Waals surface area contributed by atoms with Crippen molar-refractivity contribution < 1.29 is 0 Å². The van der Waals surface area contributed by atoms with E-state index in [1.165, 1.54) is 11.1 Å². The molecule has 1 aliphatic rings. The molecule has 0 radical (unpaired) electrons. The minimum atomic E-state index is 0.109. The van der Waals surface area contributed by atoms with Crippen LogP contribution in [0, 0.1) is 0 Å². The number of rotatable bonds is 6. The Kier molecular flexibility index (Phi) is 6.50. The summed E-state index contributed by atoms with van der Waals surface area (Å²) in [5, 5.41) is 4.75. The van der Waals surface area contributed by atoms with Gasteiger partial charge in [-0.15, -0.1) is 0 Å². The fourth-order valence-corrected chi connectivity index (χ4v) is 4.34. The van der Waals surface area contributed by atoms with Crippen molar-refractivity contribution in [2.24, 2.45) is 0 Å². The number of likely N-dealkylation sites (tertiary alicyclic amines) is 1. The Morgan fingerprint density at radius 1 is 0.897 bits per heavy atom. The second-order valence-corrected chi connectivity index (χ2v) is 8.19. The molecule has 29 heavy (non-hydrogen) atoms. The summed E-state index contributed by atoms with van der Waals surface area (Å²) in [6.45, 7) is 3.05. The van der Waals surface area contributed by atoms with Crippen LogP contribution in [0.5, 0.6) is 0 Å². The van der Waals surface area contributed by atoms with Crippen molar-refractivity contribution in [3.8, 4) is 0 Å². The summed E-state index contributed by atoms with van der Waals surface area (Å²) >= 11 is 6.34. The van der Waals surface area contributed by atoms with Crippen molar-refractivity contribution in [2.45, 2.75) is 31.5 Å². The van der Waals surface area contributed by atoms with Crippen LogP contribution in [0.3, 0.4) is 0 Å². The fourth-order valence-electron chi connectivity index (χ4n) is 4.15. The summed E-state index contributed by atoms with van der Waals surface area (Å²) in [4.78, 5) is 2.49. The van der Waals surface area contributed by atoms with Crippen LogP contribution in [0.1, 0.15) is 35.6 Å². The molecule has 4 heteroatoms. The summed E-state index contributed by atoms with van der Waals surface area (Å²) in [6, 6.07) is 27.5. The summed E-state index contributed by atoms with van der Waals surface area (Å²) in [6.07, 6.45) is 2.22. The fraction of sp³-hybridized carbons (Fsp3) is 0.280. The van der Waals surface area contributed by atoms with E-state index in [4.69, 9.17) is 17.3 Å². The predicted molar refractivity (Wildman–Crippen MR) is 122 cm³/mol. The maximum absolute atomic E-state index is 6.34. The molecule has 3 N–H and O–H groups in total. The first-order valence-corrected chi connectivity index (χ1v) is 10.7. The third-order valence-corrected chi connectivity index (χ3v) is 6.15. The van der Waals surface area contributed by atoms with Crippen molar-refractivity contribution in [3.05, 3.63) is 101 Å². The van der Waals surface area contributed by atoms with Crippen molar-refractivity contribution in [1.29, 1.82) is 0 Å². The minimum Gasteiger partial charge on any atom is -0.398 e. The van der Waals surface area contributed by atoms with Gasteiger partial charge in [0.1, 0.15) is 0 Å². The number of nitrogens with one attached hydrogen (secondary N) is 1. The van der Waals surface area contributed by atoms with Crippen LogP contribution in [0.4, 0.5) is 5.69 Å². The molecule has 1 fully saturated rings. The Morgan fingerprint density at radius 3 is 2.28 bits per heavy atom. The van der Waals surface area contributed by atoms with Gasteiger partial charge in [0.05, 0.1) is 6.04 Å². The highest BCUT2D eigenvalue weighted by Crippen LogP contribution is 2.29. The van der Waals surface area contributed by atoms with Crippen molar-refractivity contribution in [2.75, 3.05) is 18.8 Å². The second kappa shape index (κ2) is 9.45. The number of nitrogens with two attached hydrogens (primary N) is 1. The molecule has 1 atom stereocenters. The normalized spacial score (nSPS) is 16.6. The number of halogens is 1. The molecule has 3 aromatic carbocycles. The van der Waals surface area contributed by atoms with Gasteiger partial charge in [0, 0.05) is 23.3 Å². The zero-order chi connectivity index (χ0) is 20.1. The number of piperidine rings is 1. The lowest BCUT2D eigenvalue weighted by molar-refractivity contribution is 0.187. The Balaban J connectivity index is 1.43. The Labute approximate surface area is 178 Å². The van der Waals surface area contributed by atoms with Crippen LogP contribution in [0.2, 0.25) is 5.02 Å². The second-order valence-electron chi connectivity index (χ2n) is 7.78. The molecule has 0 bridgehead atoms. The van der Waals surface area contributed by atoms with Crippen LogP contribution in [-0.2, 0) is 6.54 Å². The van der Waals surface area contributed by atoms with Gasteiger partial charge in [-0.2, -0.15) is 0 Å². The van der Waals surface area contributed by atoms with Gasteiger partial charge < -0.3 is 11.1 Å². The van der Waals surface area contributed by atoms with Crippen LogP contribution in [0.25, 0.3) is 0 Å². The molecular formula is C25H28ClN3. The molecule has 3 nitrogen and oxygen atoms in total. The van der Waals surface area contributed by atoms with E-state index >= 15 is 0 Å². The molecule has 0 spiro atoms. The van der Waals surface area contributed by atoms with Gasteiger partial charge >= 0.3 is 0 Å². The van der Waals surface area contributed by atoms with E-state index in [9.17, 15) is 0 Å². The number of para-hydroxylation sites is 1. The highest BCUT2D eigenvalue weighted by atomic mass is 35.5. The molecule has 0 aromatic heterocycles. The zero-order valence-corrected chi connectivity index (χ0v) is 17.4. The molecule has 1 heterocycles. The number of nitrogens with zero attached hydrogens (tertiary/aromatic N) is 1. The first-order valence-electron chi connectivity index (χ1n) is 10.3. The third kappa shape index (κ3) is 4.99. The average molecular weight is 406 g/mol. The van der Waals surface area contributed by atoms with Crippen LogP contribution < -0.4 is 11.1 Å². The van der Waals surface area contributed by atoms with Crippen LogP contribution in [0.15, 0.2) is 78.9 Å². The van der Waals surface area contributed by atoms with Gasteiger partial charge in [-0.1, -0.05) is 78.3 Å². The lowest BCUT2D eigenvalue weighted by Crippen LogP contribution is -2.43. The number of anilines is 1. The van der Waals surface area contributed by atoms with Crippen molar-refractivity contribution >= 4 is 17.3 Å². The minimum absolute atomic E-state index is 0.109. The van der Waals surface area contributed by atoms with Gasteiger partial charge in [0.2, 0.25) is 0 Å². The van der Waals surface area contributed by atoms with Gasteiger partial charge in [0.15, 0.2) is 0 Å². The maximum Gasteiger partial charge on any atom is 0.0599 e. The maximum atomic E-state index is 6.34. The topological polar surface area (TPSA) is 41.3 Å². The molecule has 4 rings (SSSR count). The number of benzene rings is 3. The molecule has 1 aliphatic heterocycles. The zero-order valence-electron chi connectivity index (χ0n) is 16.6. The quantitative estimate of drug-likeness (QED) is 0.549. The lowest BCUT2D eigenvalue weighted by atomic mass is 9.94. The van der Waals surface area contributed by atoms with Crippen LogP contribution >= 0.6 is 11.6 Å². The number of hydrogen-bond donors (Lipinski definition) is 2. The highest BCUT2D eigenvalue weighted by Gasteiger charge is 2.24. The first kappa shape index (κ1) is 20.0. The van der Waals surface area contributed by atoms with Gasteiger partial charge in [-0.05, 0) is 54.8 Å². The molecule has 0 saturated carbocycles. The number of nitrogen functional groups attached to an aromatic ring is 1. The van der Waals surface area contributed by atoms with E-state index in [1.807, 2.05) is 24.3 Å². The van der Waals surface area contributed by atoms with Crippen molar-refractivity contribution in [1.82, 2.24) is 10.2 Å². The largest absolute Gasteiger partial charge is 0.398 e. The molecule has 3 aromatic rings. The van der Waals surface area contributed by atoms with E-state index in [1.54, 1.807) is 0 Å². The molecule has 1 saturated heterocycles. The van der Waals surface area contributed by atoms with Gasteiger partial charge in [-0.25, -0.2) is 0 Å². The van der Waals surface area contributed by atoms with Gasteiger partial charge in [0.25, 0.3) is 0 Å². The SMILES string of the molecule is Nc1ccccc1C(NC1CCN(Cc2ccccc2Cl)CC1)c1ccccc1. The molecule has 0 aliphatic carbocycles. The highest BCUT2D eigenvalue weighted by molar-refractivity contribution is 6.31. The first-order chi connectivity index (χ1) is 14.2. The standard InChI is InChI=1S/C25H28ClN3/c26-23-12-6-4-10-20(23)18-29-16-14-21(15-17-29)28-25(19-8-2-1-3-9-19)22-11-5-7-13-24(22)27/h1-13,21,25,28H,14-18,27H2. The summed E-state index contributed by atoms with van der Waals surface area (Å²) in [5.74, 6) is 0. The van der Waals surface area contributed by atoms with E-state index in [-0.39, 0.29) is 6.04 Å². The summed E-state index contributed by atoms with van der Waals surface area (Å²) in [5.41, 5.74) is 10.8. The molecule has 0 amide bonds. The predicted octanol–water partition coefficient (Wildman–Crippen LogP) is 5.27. The average Bonchev–Trinajstić information content (AvgIpc) is 2.76. The smallest absolute Gasteiger partial charge is 0.0599 e. The molecule has 150 valence electrons. The van der Waals surface area contributed by atoms with E-state index < -0.39 is 0 Å². The number of hydrogen-bond acceptors (Lipinski definition) is 3.